The number of benzene rings is 1. The van der Waals surface area contributed by atoms with Gasteiger partial charge in [-0.2, -0.15) is 0 Å². The van der Waals surface area contributed by atoms with Gasteiger partial charge in [0.1, 0.15) is 0 Å². The number of hydrogen-bond acceptors (Lipinski definition) is 3. The van der Waals surface area contributed by atoms with Gasteiger partial charge >= 0.3 is 0 Å². The van der Waals surface area contributed by atoms with Gasteiger partial charge in [-0.3, -0.25) is 0 Å². The summed E-state index contributed by atoms with van der Waals surface area (Å²) in [5.74, 6) is 0.448. The first kappa shape index (κ1) is 17.4. The number of nitrogens with one attached hydrogen (secondary N) is 1. The zero-order chi connectivity index (χ0) is 12.9. The van der Waals surface area contributed by atoms with Gasteiger partial charge < -0.3 is 5.73 Å². The number of nitrogens with two attached hydrogens (primary N) is 1. The topological polar surface area (TPSA) is 72.2 Å². The molecule has 6 heteroatoms. The van der Waals surface area contributed by atoms with E-state index in [1.807, 2.05) is 12.1 Å². The second kappa shape index (κ2) is 7.74. The van der Waals surface area contributed by atoms with Crippen LogP contribution in [0.2, 0.25) is 0 Å². The molecule has 18 heavy (non-hydrogen) atoms. The van der Waals surface area contributed by atoms with Crippen LogP contribution in [-0.2, 0) is 10.0 Å². The van der Waals surface area contributed by atoms with Gasteiger partial charge in [0.15, 0.2) is 0 Å². The van der Waals surface area contributed by atoms with Gasteiger partial charge in [0.25, 0.3) is 0 Å². The third-order valence-corrected chi connectivity index (χ3v) is 4.29. The van der Waals surface area contributed by atoms with E-state index in [-0.39, 0.29) is 23.8 Å². The zero-order valence-corrected chi connectivity index (χ0v) is 12.4. The largest absolute Gasteiger partial charge is 0.329 e. The highest BCUT2D eigenvalue weighted by molar-refractivity contribution is 7.89. The third-order valence-electron chi connectivity index (χ3n) is 2.81. The van der Waals surface area contributed by atoms with Gasteiger partial charge in [-0.15, -0.1) is 12.4 Å². The Morgan fingerprint density at radius 2 is 1.83 bits per heavy atom. The van der Waals surface area contributed by atoms with Crippen molar-refractivity contribution < 1.29 is 8.42 Å². The van der Waals surface area contributed by atoms with Crippen LogP contribution in [0.4, 0.5) is 0 Å². The monoisotopic (exact) mass is 292 g/mol. The molecular weight excluding hydrogens is 272 g/mol. The molecule has 1 unspecified atom stereocenters. The molecule has 0 aliphatic rings. The number of halogens is 1. The van der Waals surface area contributed by atoms with Crippen molar-refractivity contribution in [3.05, 3.63) is 29.8 Å². The van der Waals surface area contributed by atoms with Gasteiger partial charge in [0.2, 0.25) is 10.0 Å². The highest BCUT2D eigenvalue weighted by atomic mass is 35.5. The molecule has 0 bridgehead atoms. The molecule has 104 valence electrons. The van der Waals surface area contributed by atoms with Crippen molar-refractivity contribution in [2.75, 3.05) is 13.1 Å². The lowest BCUT2D eigenvalue weighted by Crippen LogP contribution is -2.29. The molecule has 0 fully saturated rings. The molecular formula is C12H21ClN2O2S. The molecule has 1 atom stereocenters. The molecule has 0 aliphatic carbocycles. The standard InChI is InChI=1S/C12H20N2O2S.ClH/c1-3-10(2)11-4-6-12(7-5-11)17(15,16)14-9-8-13;/h4-7,10,14H,3,8-9,13H2,1-2H3;1H. The van der Waals surface area contributed by atoms with E-state index < -0.39 is 10.0 Å². The van der Waals surface area contributed by atoms with Gasteiger partial charge in [-0.1, -0.05) is 26.0 Å². The van der Waals surface area contributed by atoms with Crippen LogP contribution in [0.3, 0.4) is 0 Å². The molecule has 1 aromatic rings. The van der Waals surface area contributed by atoms with E-state index in [2.05, 4.69) is 18.6 Å². The van der Waals surface area contributed by atoms with Crippen LogP contribution in [0.5, 0.6) is 0 Å². The summed E-state index contributed by atoms with van der Waals surface area (Å²) in [5, 5.41) is 0. The van der Waals surface area contributed by atoms with Gasteiger partial charge in [0, 0.05) is 13.1 Å². The van der Waals surface area contributed by atoms with Crippen molar-refractivity contribution in [1.29, 1.82) is 0 Å². The minimum atomic E-state index is -3.40. The minimum absolute atomic E-state index is 0. The Morgan fingerprint density at radius 1 is 1.28 bits per heavy atom. The number of rotatable bonds is 6. The molecule has 0 aromatic heterocycles. The van der Waals surface area contributed by atoms with E-state index in [4.69, 9.17) is 5.73 Å². The van der Waals surface area contributed by atoms with E-state index in [0.717, 1.165) is 12.0 Å². The van der Waals surface area contributed by atoms with Crippen molar-refractivity contribution in [2.45, 2.75) is 31.1 Å². The Bertz CT molecular complexity index is 446. The van der Waals surface area contributed by atoms with Crippen molar-refractivity contribution in [3.63, 3.8) is 0 Å². The highest BCUT2D eigenvalue weighted by Gasteiger charge is 2.13. The molecule has 0 saturated carbocycles. The fourth-order valence-electron chi connectivity index (χ4n) is 1.49. The lowest BCUT2D eigenvalue weighted by Gasteiger charge is -2.10. The quantitative estimate of drug-likeness (QED) is 0.840. The predicted molar refractivity (Wildman–Crippen MR) is 76.6 cm³/mol. The normalized spacial score (nSPS) is 12.8. The van der Waals surface area contributed by atoms with Gasteiger partial charge in [-0.05, 0) is 30.0 Å². The highest BCUT2D eigenvalue weighted by Crippen LogP contribution is 2.20. The molecule has 3 N–H and O–H groups in total. The van der Waals surface area contributed by atoms with Crippen molar-refractivity contribution in [1.82, 2.24) is 4.72 Å². The van der Waals surface area contributed by atoms with Crippen LogP contribution >= 0.6 is 12.4 Å². The first-order valence-electron chi connectivity index (χ1n) is 5.81. The van der Waals surface area contributed by atoms with Crippen molar-refractivity contribution >= 4 is 22.4 Å². The van der Waals surface area contributed by atoms with E-state index in [9.17, 15) is 8.42 Å². The summed E-state index contributed by atoms with van der Waals surface area (Å²) in [4.78, 5) is 0.290. The molecule has 1 rings (SSSR count). The molecule has 4 nitrogen and oxygen atoms in total. The van der Waals surface area contributed by atoms with E-state index in [1.165, 1.54) is 0 Å². The first-order valence-corrected chi connectivity index (χ1v) is 7.29. The van der Waals surface area contributed by atoms with Crippen LogP contribution < -0.4 is 10.5 Å². The summed E-state index contributed by atoms with van der Waals surface area (Å²) in [6, 6.07) is 7.01. The predicted octanol–water partition coefficient (Wildman–Crippen LogP) is 1.86. The summed E-state index contributed by atoms with van der Waals surface area (Å²) in [6.45, 7) is 4.79. The fourth-order valence-corrected chi connectivity index (χ4v) is 2.54. The molecule has 0 radical (unpaired) electrons. The number of sulfonamides is 1. The number of hydrogen-bond donors (Lipinski definition) is 2. The maximum absolute atomic E-state index is 11.8. The Balaban J connectivity index is 0.00000289. The lowest BCUT2D eigenvalue weighted by molar-refractivity contribution is 0.582. The third kappa shape index (κ3) is 4.57. The van der Waals surface area contributed by atoms with Crippen LogP contribution in [0, 0.1) is 0 Å². The second-order valence-electron chi connectivity index (χ2n) is 4.06. The van der Waals surface area contributed by atoms with Crippen LogP contribution in [0.15, 0.2) is 29.2 Å². The average Bonchev–Trinajstić information content (AvgIpc) is 2.35. The average molecular weight is 293 g/mol. The Labute approximate surface area is 115 Å². The second-order valence-corrected chi connectivity index (χ2v) is 5.83. The Morgan fingerprint density at radius 3 is 2.28 bits per heavy atom. The summed E-state index contributed by atoms with van der Waals surface area (Å²) in [6.07, 6.45) is 1.04. The molecule has 1 aromatic carbocycles. The summed E-state index contributed by atoms with van der Waals surface area (Å²) < 4.78 is 26.0. The minimum Gasteiger partial charge on any atom is -0.329 e. The Hall–Kier alpha value is -0.620. The molecule has 0 spiro atoms. The van der Waals surface area contributed by atoms with E-state index in [0.29, 0.717) is 12.5 Å². The molecule has 0 amide bonds. The summed E-state index contributed by atoms with van der Waals surface area (Å²) >= 11 is 0. The van der Waals surface area contributed by atoms with Crippen molar-refractivity contribution in [2.24, 2.45) is 5.73 Å². The first-order chi connectivity index (χ1) is 8.01. The fraction of sp³-hybridized carbons (Fsp3) is 0.500. The van der Waals surface area contributed by atoms with Crippen LogP contribution in [0.1, 0.15) is 31.7 Å². The molecule has 0 heterocycles. The van der Waals surface area contributed by atoms with Gasteiger partial charge in [-0.25, -0.2) is 13.1 Å². The van der Waals surface area contributed by atoms with E-state index in [1.54, 1.807) is 12.1 Å². The van der Waals surface area contributed by atoms with Crippen LogP contribution in [0.25, 0.3) is 0 Å². The zero-order valence-electron chi connectivity index (χ0n) is 10.7. The molecule has 0 aliphatic heterocycles. The smallest absolute Gasteiger partial charge is 0.240 e. The molecule has 0 saturated heterocycles. The van der Waals surface area contributed by atoms with E-state index >= 15 is 0 Å². The summed E-state index contributed by atoms with van der Waals surface area (Å²) in [7, 11) is -3.40. The Kier molecular flexibility index (Phi) is 7.47. The van der Waals surface area contributed by atoms with Crippen molar-refractivity contribution in [3.8, 4) is 0 Å². The maximum atomic E-state index is 11.8. The van der Waals surface area contributed by atoms with Crippen LogP contribution in [-0.4, -0.2) is 21.5 Å². The summed E-state index contributed by atoms with van der Waals surface area (Å²) in [5.41, 5.74) is 6.43. The SMILES string of the molecule is CCC(C)c1ccc(S(=O)(=O)NCCN)cc1.Cl. The van der Waals surface area contributed by atoms with Gasteiger partial charge in [0.05, 0.1) is 4.90 Å². The maximum Gasteiger partial charge on any atom is 0.240 e. The lowest BCUT2D eigenvalue weighted by atomic mass is 9.99.